The van der Waals surface area contributed by atoms with Gasteiger partial charge in [0, 0.05) is 25.2 Å². The number of aromatic nitrogens is 3. The molecule has 0 saturated carbocycles. The van der Waals surface area contributed by atoms with Gasteiger partial charge in [0.1, 0.15) is 11.6 Å². The van der Waals surface area contributed by atoms with Gasteiger partial charge in [-0.2, -0.15) is 0 Å². The van der Waals surface area contributed by atoms with Crippen LogP contribution in [0, 0.1) is 0 Å². The maximum atomic E-state index is 12.2. The Morgan fingerprint density at radius 1 is 1.11 bits per heavy atom. The Bertz CT molecular complexity index is 1110. The molecule has 3 heterocycles. The maximum Gasteiger partial charge on any atom is 0.290 e. The molecule has 0 unspecified atom stereocenters. The molecule has 0 atom stereocenters. The number of fused-ring (bicyclic) bond motifs is 1. The molecule has 7 nitrogen and oxygen atoms in total. The average molecular weight is 397 g/mol. The smallest absolute Gasteiger partial charge is 0.290 e. The molecule has 1 aromatic carbocycles. The average Bonchev–Trinajstić information content (AvgIpc) is 3.34. The molecular weight excluding hydrogens is 380 g/mol. The molecule has 3 aromatic heterocycles. The van der Waals surface area contributed by atoms with Crippen LogP contribution in [0.2, 0.25) is 5.02 Å². The number of furan rings is 1. The standard InChI is InChI=1S/C20H17ClN4O3/c21-14-6-1-2-7-15(14)27-19-11-10-16(28-19)20(26)22-12-5-9-18-24-23-17-8-3-4-13-25(17)18/h1-4,6-8,10-11,13H,5,9,12H2,(H,22,26). The van der Waals surface area contributed by atoms with Crippen molar-refractivity contribution in [2.24, 2.45) is 0 Å². The number of ether oxygens (including phenoxy) is 1. The second kappa shape index (κ2) is 8.14. The Morgan fingerprint density at radius 3 is 2.86 bits per heavy atom. The number of nitrogens with one attached hydrogen (secondary N) is 1. The molecule has 0 bridgehead atoms. The second-order valence-electron chi connectivity index (χ2n) is 6.06. The van der Waals surface area contributed by atoms with E-state index in [9.17, 15) is 4.79 Å². The second-order valence-corrected chi connectivity index (χ2v) is 6.46. The fourth-order valence-corrected chi connectivity index (χ4v) is 2.90. The van der Waals surface area contributed by atoms with Crippen molar-refractivity contribution in [3.63, 3.8) is 0 Å². The van der Waals surface area contributed by atoms with Gasteiger partial charge < -0.3 is 14.5 Å². The highest BCUT2D eigenvalue weighted by molar-refractivity contribution is 6.32. The third kappa shape index (κ3) is 3.99. The van der Waals surface area contributed by atoms with Crippen LogP contribution < -0.4 is 10.1 Å². The van der Waals surface area contributed by atoms with E-state index < -0.39 is 0 Å². The highest BCUT2D eigenvalue weighted by Gasteiger charge is 2.13. The van der Waals surface area contributed by atoms with Crippen molar-refractivity contribution < 1.29 is 13.9 Å². The number of para-hydroxylation sites is 1. The van der Waals surface area contributed by atoms with Crippen LogP contribution in [0.5, 0.6) is 11.7 Å². The van der Waals surface area contributed by atoms with E-state index in [0.717, 1.165) is 17.9 Å². The lowest BCUT2D eigenvalue weighted by atomic mass is 10.3. The molecule has 0 aliphatic rings. The lowest BCUT2D eigenvalue weighted by Crippen LogP contribution is -2.24. The summed E-state index contributed by atoms with van der Waals surface area (Å²) in [6, 6.07) is 15.9. The summed E-state index contributed by atoms with van der Waals surface area (Å²) in [5.41, 5.74) is 0.808. The molecule has 0 aliphatic carbocycles. The number of nitrogens with zero attached hydrogens (tertiary/aromatic N) is 3. The molecule has 142 valence electrons. The summed E-state index contributed by atoms with van der Waals surface area (Å²) < 4.78 is 12.9. The van der Waals surface area contributed by atoms with Gasteiger partial charge in [0.25, 0.3) is 11.9 Å². The van der Waals surface area contributed by atoms with Gasteiger partial charge in [-0.3, -0.25) is 9.20 Å². The van der Waals surface area contributed by atoms with Crippen molar-refractivity contribution in [2.75, 3.05) is 6.54 Å². The fourth-order valence-electron chi connectivity index (χ4n) is 2.73. The minimum absolute atomic E-state index is 0.176. The molecule has 0 spiro atoms. The molecular formula is C20H17ClN4O3. The first kappa shape index (κ1) is 18.1. The van der Waals surface area contributed by atoms with Crippen LogP contribution in [0.1, 0.15) is 22.8 Å². The first-order valence-electron chi connectivity index (χ1n) is 8.80. The molecule has 4 rings (SSSR count). The van der Waals surface area contributed by atoms with E-state index in [0.29, 0.717) is 23.7 Å². The minimum atomic E-state index is -0.305. The zero-order valence-corrected chi connectivity index (χ0v) is 15.6. The van der Waals surface area contributed by atoms with Crippen LogP contribution in [-0.2, 0) is 6.42 Å². The lowest BCUT2D eigenvalue weighted by Gasteiger charge is -2.04. The van der Waals surface area contributed by atoms with Crippen molar-refractivity contribution in [1.82, 2.24) is 19.9 Å². The molecule has 1 amide bonds. The number of hydrogen-bond acceptors (Lipinski definition) is 5. The first-order valence-corrected chi connectivity index (χ1v) is 9.17. The highest BCUT2D eigenvalue weighted by atomic mass is 35.5. The molecule has 0 fully saturated rings. The number of carbonyl (C=O) groups excluding carboxylic acids is 1. The van der Waals surface area contributed by atoms with Gasteiger partial charge in [0.05, 0.1) is 5.02 Å². The number of aryl methyl sites for hydroxylation is 1. The van der Waals surface area contributed by atoms with Crippen LogP contribution in [0.3, 0.4) is 0 Å². The summed E-state index contributed by atoms with van der Waals surface area (Å²) >= 11 is 6.05. The molecule has 0 aliphatic heterocycles. The van der Waals surface area contributed by atoms with Crippen LogP contribution in [0.15, 0.2) is 65.2 Å². The number of rotatable bonds is 7. The van der Waals surface area contributed by atoms with Crippen molar-refractivity contribution in [3.8, 4) is 11.7 Å². The molecule has 4 aromatic rings. The predicted molar refractivity (Wildman–Crippen MR) is 104 cm³/mol. The Morgan fingerprint density at radius 2 is 1.96 bits per heavy atom. The van der Waals surface area contributed by atoms with Crippen LogP contribution in [0.4, 0.5) is 0 Å². The molecule has 0 radical (unpaired) electrons. The van der Waals surface area contributed by atoms with Gasteiger partial charge in [0.2, 0.25) is 0 Å². The topological polar surface area (TPSA) is 81.7 Å². The van der Waals surface area contributed by atoms with E-state index in [1.165, 1.54) is 0 Å². The highest BCUT2D eigenvalue weighted by Crippen LogP contribution is 2.29. The largest absolute Gasteiger partial charge is 0.424 e. The van der Waals surface area contributed by atoms with Gasteiger partial charge in [-0.25, -0.2) is 0 Å². The molecule has 8 heteroatoms. The van der Waals surface area contributed by atoms with E-state index in [1.807, 2.05) is 28.8 Å². The number of amides is 1. The van der Waals surface area contributed by atoms with E-state index in [2.05, 4.69) is 15.5 Å². The van der Waals surface area contributed by atoms with Crippen molar-refractivity contribution in [3.05, 3.63) is 77.4 Å². The minimum Gasteiger partial charge on any atom is -0.424 e. The van der Waals surface area contributed by atoms with Gasteiger partial charge in [-0.15, -0.1) is 10.2 Å². The Kier molecular flexibility index (Phi) is 5.25. The van der Waals surface area contributed by atoms with E-state index in [4.69, 9.17) is 20.8 Å². The summed E-state index contributed by atoms with van der Waals surface area (Å²) in [6.07, 6.45) is 3.35. The molecule has 1 N–H and O–H groups in total. The quantitative estimate of drug-likeness (QED) is 0.475. The Labute approximate surface area is 165 Å². The number of pyridine rings is 1. The van der Waals surface area contributed by atoms with Crippen molar-refractivity contribution >= 4 is 23.2 Å². The van der Waals surface area contributed by atoms with Crippen molar-refractivity contribution in [2.45, 2.75) is 12.8 Å². The maximum absolute atomic E-state index is 12.2. The summed E-state index contributed by atoms with van der Waals surface area (Å²) in [7, 11) is 0. The van der Waals surface area contributed by atoms with Crippen LogP contribution >= 0.6 is 11.6 Å². The fraction of sp³-hybridized carbons (Fsp3) is 0.150. The van der Waals surface area contributed by atoms with E-state index >= 15 is 0 Å². The number of carbonyl (C=O) groups is 1. The third-order valence-electron chi connectivity index (χ3n) is 4.10. The number of hydrogen-bond donors (Lipinski definition) is 1. The van der Waals surface area contributed by atoms with Gasteiger partial charge in [-0.05, 0) is 36.8 Å². The zero-order valence-electron chi connectivity index (χ0n) is 14.8. The van der Waals surface area contributed by atoms with Gasteiger partial charge in [-0.1, -0.05) is 29.8 Å². The van der Waals surface area contributed by atoms with E-state index in [-0.39, 0.29) is 17.6 Å². The number of halogens is 1. The van der Waals surface area contributed by atoms with E-state index in [1.54, 1.807) is 36.4 Å². The van der Waals surface area contributed by atoms with Gasteiger partial charge in [0.15, 0.2) is 11.4 Å². The first-order chi connectivity index (χ1) is 13.7. The van der Waals surface area contributed by atoms with Gasteiger partial charge >= 0.3 is 0 Å². The summed E-state index contributed by atoms with van der Waals surface area (Å²) in [5, 5.41) is 11.6. The normalized spacial score (nSPS) is 10.9. The summed E-state index contributed by atoms with van der Waals surface area (Å²) in [6.45, 7) is 0.488. The third-order valence-corrected chi connectivity index (χ3v) is 4.41. The molecule has 0 saturated heterocycles. The zero-order chi connectivity index (χ0) is 19.3. The monoisotopic (exact) mass is 396 g/mol. The summed E-state index contributed by atoms with van der Waals surface area (Å²) in [4.78, 5) is 12.2. The predicted octanol–water partition coefficient (Wildman–Crippen LogP) is 4.13. The van der Waals surface area contributed by atoms with Crippen LogP contribution in [-0.4, -0.2) is 27.0 Å². The molecule has 28 heavy (non-hydrogen) atoms. The lowest BCUT2D eigenvalue weighted by molar-refractivity contribution is 0.0920. The Balaban J connectivity index is 1.28. The number of benzene rings is 1. The SMILES string of the molecule is O=C(NCCCc1nnc2ccccn12)c1ccc(Oc2ccccc2Cl)o1. The summed E-state index contributed by atoms with van der Waals surface area (Å²) in [5.74, 6) is 1.40. The Hall–Kier alpha value is -3.32. The van der Waals surface area contributed by atoms with Crippen molar-refractivity contribution in [1.29, 1.82) is 0 Å². The van der Waals surface area contributed by atoms with Crippen LogP contribution in [0.25, 0.3) is 5.65 Å².